The Morgan fingerprint density at radius 1 is 1.17 bits per heavy atom. The minimum Gasteiger partial charge on any atom is -0.384 e. The molecule has 2 aromatic rings. The first-order chi connectivity index (χ1) is 14.0. The molecule has 3 N–H and O–H groups in total. The highest BCUT2D eigenvalue weighted by Crippen LogP contribution is 2.32. The minimum atomic E-state index is -1.34. The van der Waals surface area contributed by atoms with Crippen LogP contribution in [-0.2, 0) is 4.79 Å². The molecule has 3 rings (SSSR count). The van der Waals surface area contributed by atoms with Crippen LogP contribution in [0.15, 0.2) is 30.3 Å². The van der Waals surface area contributed by atoms with Gasteiger partial charge in [-0.3, -0.25) is 9.59 Å². The van der Waals surface area contributed by atoms with Gasteiger partial charge < -0.3 is 20.6 Å². The molecule has 0 radical (unpaired) electrons. The third kappa shape index (κ3) is 4.38. The third-order valence-corrected chi connectivity index (χ3v) is 5.63. The molecular weight excluding hydrogens is 514 g/mol. The first-order valence-electron chi connectivity index (χ1n) is 9.00. The van der Waals surface area contributed by atoms with Gasteiger partial charge in [-0.15, -0.1) is 0 Å². The first kappa shape index (κ1) is 22.3. The van der Waals surface area contributed by atoms with Crippen molar-refractivity contribution in [1.29, 1.82) is 0 Å². The highest BCUT2D eigenvalue weighted by Gasteiger charge is 2.48. The van der Waals surface area contributed by atoms with E-state index in [0.29, 0.717) is 3.57 Å². The Hall–Kier alpha value is -2.34. The van der Waals surface area contributed by atoms with Crippen LogP contribution < -0.4 is 10.6 Å². The summed E-state index contributed by atoms with van der Waals surface area (Å²) in [4.78, 5) is 25.3. The van der Waals surface area contributed by atoms with Gasteiger partial charge in [0.05, 0.1) is 36.1 Å². The Bertz CT molecular complexity index is 1010. The maximum atomic E-state index is 14.5. The first-order valence-corrected chi connectivity index (χ1v) is 10.1. The summed E-state index contributed by atoms with van der Waals surface area (Å²) in [6, 6.07) is 5.44. The number of carbonyl (C=O) groups is 2. The fourth-order valence-electron chi connectivity index (χ4n) is 3.22. The molecule has 0 spiro atoms. The smallest absolute Gasteiger partial charge is 0.256 e. The molecule has 160 valence electrons. The summed E-state index contributed by atoms with van der Waals surface area (Å²) in [5.41, 5.74) is -2.16. The normalized spacial score (nSPS) is 15.9. The van der Waals surface area contributed by atoms with E-state index in [1.54, 1.807) is 13.0 Å². The number of β-amino-alcohol motifs (C(OH)–C–C–N with tert-alkyl or cyclic N) is 1. The minimum absolute atomic E-state index is 0.108. The van der Waals surface area contributed by atoms with Crippen molar-refractivity contribution in [3.63, 3.8) is 0 Å². The summed E-state index contributed by atoms with van der Waals surface area (Å²) in [6.45, 7) is 2.70. The topological polar surface area (TPSA) is 81.7 Å². The van der Waals surface area contributed by atoms with Crippen molar-refractivity contribution in [2.24, 2.45) is 0 Å². The Labute approximate surface area is 184 Å². The zero-order chi connectivity index (χ0) is 22.2. The number of likely N-dealkylation sites (tertiary alicyclic amines) is 1. The fraction of sp³-hybridized carbons (Fsp3) is 0.300. The number of aliphatic hydroxyl groups is 1. The van der Waals surface area contributed by atoms with Gasteiger partial charge >= 0.3 is 0 Å². The lowest BCUT2D eigenvalue weighted by molar-refractivity contribution is -0.128. The van der Waals surface area contributed by atoms with Crippen LogP contribution in [0.4, 0.5) is 24.5 Å². The second-order valence-corrected chi connectivity index (χ2v) is 8.47. The number of amides is 2. The lowest BCUT2D eigenvalue weighted by atomic mass is 9.86. The van der Waals surface area contributed by atoms with Crippen LogP contribution in [0.25, 0.3) is 0 Å². The van der Waals surface area contributed by atoms with Crippen molar-refractivity contribution in [2.45, 2.75) is 25.5 Å². The van der Waals surface area contributed by atoms with E-state index in [9.17, 15) is 27.9 Å². The summed E-state index contributed by atoms with van der Waals surface area (Å²) in [5, 5.41) is 15.6. The number of anilines is 2. The van der Waals surface area contributed by atoms with Crippen molar-refractivity contribution >= 4 is 45.8 Å². The van der Waals surface area contributed by atoms with Crippen LogP contribution in [-0.4, -0.2) is 46.6 Å². The predicted molar refractivity (Wildman–Crippen MR) is 113 cm³/mol. The van der Waals surface area contributed by atoms with Gasteiger partial charge in [0.2, 0.25) is 5.91 Å². The number of hydrogen-bond acceptors (Lipinski definition) is 4. The molecular formula is C20H19F3IN3O3. The van der Waals surface area contributed by atoms with Gasteiger partial charge in [-0.05, 0) is 59.8 Å². The van der Waals surface area contributed by atoms with E-state index in [4.69, 9.17) is 0 Å². The standard InChI is InChI=1S/C20H19F3IN3O3/c1-10(25-11(2)28)20(30)8-27(9-20)19(29)13-4-5-14(21)17(23)18(13)26-16-6-3-12(24)7-15(16)22/h3-7,10,26,30H,8-9H2,1-2H3,(H,25,28). The number of halogens is 4. The Morgan fingerprint density at radius 3 is 2.43 bits per heavy atom. The SMILES string of the molecule is CC(=O)NC(C)C1(O)CN(C(=O)c2ccc(F)c(F)c2Nc2ccc(I)cc2F)C1. The second-order valence-electron chi connectivity index (χ2n) is 7.22. The molecule has 0 aromatic heterocycles. The summed E-state index contributed by atoms with van der Waals surface area (Å²) in [7, 11) is 0. The van der Waals surface area contributed by atoms with Crippen LogP contribution in [0, 0.1) is 21.0 Å². The quantitative estimate of drug-likeness (QED) is 0.517. The third-order valence-electron chi connectivity index (χ3n) is 4.96. The summed E-state index contributed by atoms with van der Waals surface area (Å²) in [5.74, 6) is -4.19. The molecule has 1 aliphatic heterocycles. The van der Waals surface area contributed by atoms with Crippen molar-refractivity contribution in [2.75, 3.05) is 18.4 Å². The van der Waals surface area contributed by atoms with Crippen LogP contribution in [0.5, 0.6) is 0 Å². The Morgan fingerprint density at radius 2 is 1.83 bits per heavy atom. The lowest BCUT2D eigenvalue weighted by Gasteiger charge is -2.49. The van der Waals surface area contributed by atoms with Gasteiger partial charge in [0.25, 0.3) is 5.91 Å². The number of hydrogen-bond donors (Lipinski definition) is 3. The number of rotatable bonds is 5. The number of carbonyl (C=O) groups excluding carboxylic acids is 2. The Balaban J connectivity index is 1.85. The van der Waals surface area contributed by atoms with Crippen LogP contribution in [0.2, 0.25) is 0 Å². The number of benzene rings is 2. The molecule has 1 saturated heterocycles. The molecule has 10 heteroatoms. The van der Waals surface area contributed by atoms with E-state index in [1.165, 1.54) is 24.0 Å². The van der Waals surface area contributed by atoms with E-state index >= 15 is 0 Å². The maximum Gasteiger partial charge on any atom is 0.256 e. The van der Waals surface area contributed by atoms with Crippen molar-refractivity contribution < 1.29 is 27.9 Å². The van der Waals surface area contributed by atoms with Gasteiger partial charge in [0, 0.05) is 10.5 Å². The number of nitrogens with one attached hydrogen (secondary N) is 2. The van der Waals surface area contributed by atoms with Crippen LogP contribution in [0.3, 0.4) is 0 Å². The summed E-state index contributed by atoms with van der Waals surface area (Å²) >= 11 is 1.91. The van der Waals surface area contributed by atoms with E-state index < -0.39 is 40.7 Å². The molecule has 1 atom stereocenters. The molecule has 30 heavy (non-hydrogen) atoms. The summed E-state index contributed by atoms with van der Waals surface area (Å²) < 4.78 is 43.1. The van der Waals surface area contributed by atoms with Gasteiger partial charge in [-0.1, -0.05) is 0 Å². The van der Waals surface area contributed by atoms with Crippen LogP contribution >= 0.6 is 22.6 Å². The zero-order valence-corrected chi connectivity index (χ0v) is 18.3. The molecule has 1 heterocycles. The molecule has 0 saturated carbocycles. The van der Waals surface area contributed by atoms with Crippen molar-refractivity contribution in [3.8, 4) is 0 Å². The maximum absolute atomic E-state index is 14.5. The van der Waals surface area contributed by atoms with Crippen LogP contribution in [0.1, 0.15) is 24.2 Å². The molecule has 1 unspecified atom stereocenters. The highest BCUT2D eigenvalue weighted by molar-refractivity contribution is 14.1. The van der Waals surface area contributed by atoms with E-state index in [2.05, 4.69) is 10.6 Å². The van der Waals surface area contributed by atoms with E-state index in [-0.39, 0.29) is 30.2 Å². The van der Waals surface area contributed by atoms with E-state index in [1.807, 2.05) is 22.6 Å². The fourth-order valence-corrected chi connectivity index (χ4v) is 3.67. The molecule has 0 bridgehead atoms. The predicted octanol–water partition coefficient (Wildman–Crippen LogP) is 3.16. The lowest BCUT2D eigenvalue weighted by Crippen LogP contribution is -2.71. The summed E-state index contributed by atoms with van der Waals surface area (Å²) in [6.07, 6.45) is 0. The zero-order valence-electron chi connectivity index (χ0n) is 16.1. The van der Waals surface area contributed by atoms with Gasteiger partial charge in [-0.25, -0.2) is 13.2 Å². The second kappa shape index (κ2) is 8.42. The molecule has 1 fully saturated rings. The highest BCUT2D eigenvalue weighted by atomic mass is 127. The van der Waals surface area contributed by atoms with Gasteiger partial charge in [-0.2, -0.15) is 0 Å². The number of nitrogens with zero attached hydrogens (tertiary/aromatic N) is 1. The van der Waals surface area contributed by atoms with Crippen molar-refractivity contribution in [3.05, 3.63) is 56.9 Å². The van der Waals surface area contributed by atoms with Gasteiger partial charge in [0.15, 0.2) is 11.6 Å². The average Bonchev–Trinajstić information content (AvgIpc) is 2.63. The molecule has 1 aliphatic rings. The monoisotopic (exact) mass is 533 g/mol. The van der Waals surface area contributed by atoms with Crippen molar-refractivity contribution in [1.82, 2.24) is 10.2 Å². The molecule has 6 nitrogen and oxygen atoms in total. The average molecular weight is 533 g/mol. The Kier molecular flexibility index (Phi) is 6.27. The largest absolute Gasteiger partial charge is 0.384 e. The molecule has 0 aliphatic carbocycles. The van der Waals surface area contributed by atoms with E-state index in [0.717, 1.165) is 12.1 Å². The molecule has 2 aromatic carbocycles. The van der Waals surface area contributed by atoms with Gasteiger partial charge in [0.1, 0.15) is 11.4 Å². The molecule has 2 amide bonds.